The summed E-state index contributed by atoms with van der Waals surface area (Å²) in [6, 6.07) is 21.9. The van der Waals surface area contributed by atoms with Gasteiger partial charge in [-0.1, -0.05) is 30.3 Å². The summed E-state index contributed by atoms with van der Waals surface area (Å²) in [4.78, 5) is 24.9. The highest BCUT2D eigenvalue weighted by Crippen LogP contribution is 2.21. The summed E-state index contributed by atoms with van der Waals surface area (Å²) in [5.41, 5.74) is 1.61. The summed E-state index contributed by atoms with van der Waals surface area (Å²) >= 11 is 0. The lowest BCUT2D eigenvalue weighted by Crippen LogP contribution is -2.27. The van der Waals surface area contributed by atoms with Gasteiger partial charge in [-0.3, -0.25) is 4.79 Å². The van der Waals surface area contributed by atoms with Crippen molar-refractivity contribution in [3.05, 3.63) is 95.6 Å². The lowest BCUT2D eigenvalue weighted by molar-refractivity contribution is 0.0474. The van der Waals surface area contributed by atoms with Gasteiger partial charge >= 0.3 is 5.97 Å². The molecule has 0 aliphatic carbocycles. The van der Waals surface area contributed by atoms with Gasteiger partial charge in [-0.25, -0.2) is 13.2 Å². The summed E-state index contributed by atoms with van der Waals surface area (Å²) in [7, 11) is -3.54. The number of nitrogens with zero attached hydrogens (tertiary/aromatic N) is 1. The molecule has 0 radical (unpaired) electrons. The zero-order valence-electron chi connectivity index (χ0n) is 18.6. The molecule has 0 atom stereocenters. The molecule has 0 N–H and O–H groups in total. The average molecular weight is 480 g/mol. The first kappa shape index (κ1) is 23.7. The quantitative estimate of drug-likeness (QED) is 0.339. The second-order valence-corrected chi connectivity index (χ2v) is 9.87. The number of Topliss-reactive ketones (excluding diaryl/α,β-unsaturated/α-hetero) is 1. The number of esters is 1. The van der Waals surface area contributed by atoms with E-state index in [2.05, 4.69) is 0 Å². The molecule has 3 aromatic carbocycles. The van der Waals surface area contributed by atoms with E-state index in [1.54, 1.807) is 24.3 Å². The first-order chi connectivity index (χ1) is 16.4. The van der Waals surface area contributed by atoms with Gasteiger partial charge in [-0.2, -0.15) is 4.31 Å². The highest BCUT2D eigenvalue weighted by Gasteiger charge is 2.27. The van der Waals surface area contributed by atoms with Crippen molar-refractivity contribution in [2.45, 2.75) is 24.3 Å². The van der Waals surface area contributed by atoms with E-state index in [-0.39, 0.29) is 10.5 Å². The Bertz CT molecular complexity index is 1230. The third-order valence-corrected chi connectivity index (χ3v) is 7.46. The van der Waals surface area contributed by atoms with E-state index in [0.29, 0.717) is 31.0 Å². The highest BCUT2D eigenvalue weighted by atomic mass is 32.2. The molecule has 1 saturated heterocycles. The van der Waals surface area contributed by atoms with Crippen molar-refractivity contribution in [1.82, 2.24) is 4.31 Å². The Morgan fingerprint density at radius 3 is 2.06 bits per heavy atom. The first-order valence-corrected chi connectivity index (χ1v) is 12.4. The zero-order valence-corrected chi connectivity index (χ0v) is 19.4. The van der Waals surface area contributed by atoms with Crippen molar-refractivity contribution < 1.29 is 27.5 Å². The Kier molecular flexibility index (Phi) is 7.40. The van der Waals surface area contributed by atoms with Gasteiger partial charge in [0.1, 0.15) is 12.4 Å². The fourth-order valence-corrected chi connectivity index (χ4v) is 5.13. The minimum Gasteiger partial charge on any atom is -0.489 e. The molecule has 0 saturated carbocycles. The minimum absolute atomic E-state index is 0.150. The van der Waals surface area contributed by atoms with Crippen LogP contribution in [0.4, 0.5) is 0 Å². The first-order valence-electron chi connectivity index (χ1n) is 11.0. The van der Waals surface area contributed by atoms with Crippen LogP contribution >= 0.6 is 0 Å². The Morgan fingerprint density at radius 2 is 1.41 bits per heavy atom. The van der Waals surface area contributed by atoms with Crippen LogP contribution in [0.25, 0.3) is 0 Å². The summed E-state index contributed by atoms with van der Waals surface area (Å²) in [6.45, 7) is 0.999. The SMILES string of the molecule is O=C(COC(=O)c1ccc(OCc2ccccc2)cc1)c1ccc(S(=O)(=O)N2CCCC2)cc1. The molecular formula is C26H25NO6S. The minimum atomic E-state index is -3.54. The molecule has 176 valence electrons. The molecule has 0 aromatic heterocycles. The van der Waals surface area contributed by atoms with Crippen LogP contribution < -0.4 is 4.74 Å². The lowest BCUT2D eigenvalue weighted by atomic mass is 10.1. The van der Waals surface area contributed by atoms with E-state index in [4.69, 9.17) is 9.47 Å². The van der Waals surface area contributed by atoms with Gasteiger partial charge < -0.3 is 9.47 Å². The van der Waals surface area contributed by atoms with E-state index in [9.17, 15) is 18.0 Å². The summed E-state index contributed by atoms with van der Waals surface area (Å²) in [6.07, 6.45) is 1.70. The maximum Gasteiger partial charge on any atom is 0.338 e. The standard InChI is InChI=1S/C26H25NO6S/c28-25(21-10-14-24(15-11-21)34(30,31)27-16-4-5-17-27)19-33-26(29)22-8-12-23(13-9-22)32-18-20-6-2-1-3-7-20/h1-3,6-15H,4-5,16-19H2. The van der Waals surface area contributed by atoms with Gasteiger partial charge in [0, 0.05) is 18.7 Å². The molecule has 8 heteroatoms. The van der Waals surface area contributed by atoms with Crippen LogP contribution in [-0.2, 0) is 21.4 Å². The number of hydrogen-bond acceptors (Lipinski definition) is 6. The predicted octanol–water partition coefficient (Wildman–Crippen LogP) is 4.09. The van der Waals surface area contributed by atoms with Crippen molar-refractivity contribution in [2.24, 2.45) is 0 Å². The van der Waals surface area contributed by atoms with Crippen molar-refractivity contribution in [3.63, 3.8) is 0 Å². The van der Waals surface area contributed by atoms with Crippen LogP contribution in [0.3, 0.4) is 0 Å². The van der Waals surface area contributed by atoms with E-state index >= 15 is 0 Å². The topological polar surface area (TPSA) is 90.0 Å². The van der Waals surface area contributed by atoms with Crippen molar-refractivity contribution in [1.29, 1.82) is 0 Å². The number of carbonyl (C=O) groups excluding carboxylic acids is 2. The monoisotopic (exact) mass is 479 g/mol. The molecule has 1 fully saturated rings. The lowest BCUT2D eigenvalue weighted by Gasteiger charge is -2.15. The molecular weight excluding hydrogens is 454 g/mol. The maximum atomic E-state index is 12.6. The van der Waals surface area contributed by atoms with Gasteiger partial charge in [-0.15, -0.1) is 0 Å². The number of ether oxygens (including phenoxy) is 2. The average Bonchev–Trinajstić information content (AvgIpc) is 3.43. The number of ketones is 1. The van der Waals surface area contributed by atoms with Crippen molar-refractivity contribution in [2.75, 3.05) is 19.7 Å². The van der Waals surface area contributed by atoms with Crippen molar-refractivity contribution >= 4 is 21.8 Å². The predicted molar refractivity (Wildman–Crippen MR) is 126 cm³/mol. The van der Waals surface area contributed by atoms with Gasteiger partial charge in [0.05, 0.1) is 10.5 Å². The smallest absolute Gasteiger partial charge is 0.338 e. The second-order valence-electron chi connectivity index (χ2n) is 7.93. The third-order valence-electron chi connectivity index (χ3n) is 5.55. The molecule has 0 amide bonds. The van der Waals surface area contributed by atoms with Crippen LogP contribution in [-0.4, -0.2) is 44.2 Å². The zero-order chi connectivity index (χ0) is 24.0. The summed E-state index contributed by atoms with van der Waals surface area (Å²) in [5, 5.41) is 0. The van der Waals surface area contributed by atoms with E-state index in [0.717, 1.165) is 18.4 Å². The molecule has 0 bridgehead atoms. The van der Waals surface area contributed by atoms with Gasteiger partial charge in [0.2, 0.25) is 10.0 Å². The highest BCUT2D eigenvalue weighted by molar-refractivity contribution is 7.89. The fraction of sp³-hybridized carbons (Fsp3) is 0.231. The van der Waals surface area contributed by atoms with Crippen LogP contribution in [0.2, 0.25) is 0 Å². The number of sulfonamides is 1. The normalized spacial score (nSPS) is 14.0. The number of rotatable bonds is 9. The second kappa shape index (κ2) is 10.6. The third kappa shape index (κ3) is 5.70. The molecule has 1 aliphatic rings. The van der Waals surface area contributed by atoms with Gasteiger partial charge in [0.25, 0.3) is 0 Å². The van der Waals surface area contributed by atoms with Crippen LogP contribution in [0.15, 0.2) is 83.8 Å². The maximum absolute atomic E-state index is 12.6. The number of carbonyl (C=O) groups is 2. The molecule has 3 aromatic rings. The summed E-state index contributed by atoms with van der Waals surface area (Å²) < 4.78 is 37.5. The Labute approximate surface area is 199 Å². The Morgan fingerprint density at radius 1 is 0.794 bits per heavy atom. The molecule has 4 rings (SSSR count). The molecule has 1 heterocycles. The van der Waals surface area contributed by atoms with Crippen molar-refractivity contribution in [3.8, 4) is 5.75 Å². The molecule has 7 nitrogen and oxygen atoms in total. The van der Waals surface area contributed by atoms with Gasteiger partial charge in [-0.05, 0) is 66.9 Å². The van der Waals surface area contributed by atoms with E-state index < -0.39 is 28.4 Å². The largest absolute Gasteiger partial charge is 0.489 e. The van der Waals surface area contributed by atoms with Crippen LogP contribution in [0, 0.1) is 0 Å². The molecule has 0 spiro atoms. The number of hydrogen-bond donors (Lipinski definition) is 0. The molecule has 34 heavy (non-hydrogen) atoms. The number of benzene rings is 3. The van der Waals surface area contributed by atoms with E-state index in [1.165, 1.54) is 28.6 Å². The van der Waals surface area contributed by atoms with E-state index in [1.807, 2.05) is 30.3 Å². The molecule has 1 aliphatic heterocycles. The molecule has 0 unspecified atom stereocenters. The Hall–Kier alpha value is -3.49. The van der Waals surface area contributed by atoms with Crippen LogP contribution in [0.1, 0.15) is 39.1 Å². The van der Waals surface area contributed by atoms with Gasteiger partial charge in [0.15, 0.2) is 12.4 Å². The fourth-order valence-electron chi connectivity index (χ4n) is 3.62. The van der Waals surface area contributed by atoms with Crippen LogP contribution in [0.5, 0.6) is 5.75 Å². The Balaban J connectivity index is 1.29. The summed E-state index contributed by atoms with van der Waals surface area (Å²) in [5.74, 6) is -0.432.